The zero-order chi connectivity index (χ0) is 9.14. The van der Waals surface area contributed by atoms with E-state index in [4.69, 9.17) is 16.9 Å². The summed E-state index contributed by atoms with van der Waals surface area (Å²) in [6.45, 7) is 0. The van der Waals surface area contributed by atoms with Gasteiger partial charge in [-0.3, -0.25) is 0 Å². The van der Waals surface area contributed by atoms with E-state index >= 15 is 0 Å². The normalized spacial score (nSPS) is 9.00. The highest BCUT2D eigenvalue weighted by molar-refractivity contribution is 6.31. The minimum atomic E-state index is -0.683. The maximum Gasteiger partial charge on any atom is 0.365 e. The lowest BCUT2D eigenvalue weighted by Gasteiger charge is -1.91. The van der Waals surface area contributed by atoms with E-state index < -0.39 is 4.92 Å². The average Bonchev–Trinajstić information content (AvgIpc) is 2.05. The maximum atomic E-state index is 10.2. The van der Waals surface area contributed by atoms with E-state index in [9.17, 15) is 10.1 Å². The highest BCUT2D eigenvalue weighted by atomic mass is 35.5. The predicted molar refractivity (Wildman–Crippen MR) is 40.6 cm³/mol. The highest BCUT2D eigenvalue weighted by Crippen LogP contribution is 2.16. The molecule has 0 saturated carbocycles. The predicted octanol–water partition coefficient (Wildman–Crippen LogP) is 1.51. The van der Waals surface area contributed by atoms with E-state index in [1.807, 2.05) is 0 Å². The molecule has 0 aliphatic rings. The van der Waals surface area contributed by atoms with Crippen LogP contribution in [0.1, 0.15) is 5.69 Å². The molecular weight excluding hydrogens is 182 g/mol. The number of halogens is 1. The smallest absolute Gasteiger partial charge is 0.358 e. The van der Waals surface area contributed by atoms with E-state index in [0.29, 0.717) is 0 Å². The molecule has 0 bridgehead atoms. The van der Waals surface area contributed by atoms with Gasteiger partial charge in [-0.15, -0.1) is 0 Å². The van der Waals surface area contributed by atoms with Crippen LogP contribution >= 0.6 is 11.6 Å². The molecule has 0 N–H and O–H groups in total. The van der Waals surface area contributed by atoms with Crippen LogP contribution in [-0.2, 0) is 0 Å². The number of nitrogens with zero attached hydrogens (tertiary/aromatic N) is 3. The molecule has 0 amide bonds. The molecule has 1 heterocycles. The summed E-state index contributed by atoms with van der Waals surface area (Å²) in [5.41, 5.74) is -0.133. The molecule has 1 aromatic rings. The van der Waals surface area contributed by atoms with Crippen LogP contribution in [0, 0.1) is 21.4 Å². The molecule has 12 heavy (non-hydrogen) atoms. The lowest BCUT2D eigenvalue weighted by atomic mass is 10.3. The molecule has 1 aromatic heterocycles. The van der Waals surface area contributed by atoms with Crippen molar-refractivity contribution in [1.29, 1.82) is 5.26 Å². The molecule has 0 atom stereocenters. The molecule has 1 rings (SSSR count). The van der Waals surface area contributed by atoms with Crippen molar-refractivity contribution in [2.24, 2.45) is 0 Å². The van der Waals surface area contributed by atoms with Gasteiger partial charge >= 0.3 is 5.82 Å². The Morgan fingerprint density at radius 3 is 2.83 bits per heavy atom. The van der Waals surface area contributed by atoms with Crippen molar-refractivity contribution in [2.45, 2.75) is 0 Å². The molecule has 0 saturated heterocycles. The molecule has 6 heteroatoms. The summed E-state index contributed by atoms with van der Waals surface area (Å²) in [4.78, 5) is 12.9. The lowest BCUT2D eigenvalue weighted by Crippen LogP contribution is -1.93. The average molecular weight is 184 g/mol. The van der Waals surface area contributed by atoms with Gasteiger partial charge in [0, 0.05) is 6.07 Å². The number of pyridine rings is 1. The van der Waals surface area contributed by atoms with Gasteiger partial charge < -0.3 is 10.1 Å². The van der Waals surface area contributed by atoms with E-state index in [1.54, 1.807) is 6.07 Å². The number of rotatable bonds is 1. The Kier molecular flexibility index (Phi) is 2.21. The number of nitro groups is 1. The summed E-state index contributed by atoms with van der Waals surface area (Å²) in [6.07, 6.45) is 0. The largest absolute Gasteiger partial charge is 0.365 e. The van der Waals surface area contributed by atoms with Gasteiger partial charge in [0.05, 0.1) is 0 Å². The van der Waals surface area contributed by atoms with Crippen molar-refractivity contribution < 1.29 is 4.92 Å². The fraction of sp³-hybridized carbons (Fsp3) is 0. The van der Waals surface area contributed by atoms with Crippen LogP contribution in [0.5, 0.6) is 0 Å². The first kappa shape index (κ1) is 8.43. The zero-order valence-corrected chi connectivity index (χ0v) is 6.45. The summed E-state index contributed by atoms with van der Waals surface area (Å²) < 4.78 is 0. The Balaban J connectivity index is 3.25. The van der Waals surface area contributed by atoms with Crippen molar-refractivity contribution in [3.05, 3.63) is 33.0 Å². The van der Waals surface area contributed by atoms with Crippen molar-refractivity contribution in [1.82, 2.24) is 4.98 Å². The Morgan fingerprint density at radius 1 is 1.67 bits per heavy atom. The van der Waals surface area contributed by atoms with Crippen molar-refractivity contribution >= 4 is 17.4 Å². The zero-order valence-electron chi connectivity index (χ0n) is 5.69. The van der Waals surface area contributed by atoms with Crippen LogP contribution in [0.4, 0.5) is 5.82 Å². The van der Waals surface area contributed by atoms with Gasteiger partial charge in [-0.1, -0.05) is 11.6 Å². The minimum absolute atomic E-state index is 0.114. The van der Waals surface area contributed by atoms with E-state index in [0.717, 1.165) is 6.07 Å². The molecule has 0 spiro atoms. The van der Waals surface area contributed by atoms with Crippen LogP contribution in [0.3, 0.4) is 0 Å². The van der Waals surface area contributed by atoms with Crippen molar-refractivity contribution in [3.63, 3.8) is 0 Å². The second-order valence-corrected chi connectivity index (χ2v) is 2.28. The summed E-state index contributed by atoms with van der Waals surface area (Å²) in [5.74, 6) is -0.379. The summed E-state index contributed by atoms with van der Waals surface area (Å²) in [6, 6.07) is 4.05. The van der Waals surface area contributed by atoms with Gasteiger partial charge in [0.15, 0.2) is 0 Å². The molecule has 0 radical (unpaired) electrons. The first-order valence-corrected chi connectivity index (χ1v) is 3.24. The second kappa shape index (κ2) is 3.15. The third-order valence-corrected chi connectivity index (χ3v) is 1.43. The van der Waals surface area contributed by atoms with E-state index in [1.165, 1.54) is 6.07 Å². The van der Waals surface area contributed by atoms with Gasteiger partial charge in [-0.25, -0.2) is 0 Å². The Hall–Kier alpha value is -1.67. The van der Waals surface area contributed by atoms with E-state index in [2.05, 4.69) is 4.98 Å². The summed E-state index contributed by atoms with van der Waals surface area (Å²) >= 11 is 5.49. The highest BCUT2D eigenvalue weighted by Gasteiger charge is 2.12. The third kappa shape index (κ3) is 1.49. The number of hydrogen-bond donors (Lipinski definition) is 0. The van der Waals surface area contributed by atoms with Crippen molar-refractivity contribution in [2.75, 3.05) is 0 Å². The number of nitriles is 1. The molecule has 60 valence electrons. The van der Waals surface area contributed by atoms with Crippen LogP contribution in [0.15, 0.2) is 12.1 Å². The first-order chi connectivity index (χ1) is 5.65. The lowest BCUT2D eigenvalue weighted by molar-refractivity contribution is -0.389. The van der Waals surface area contributed by atoms with Gasteiger partial charge in [0.25, 0.3) is 5.69 Å². The SMILES string of the molecule is N#Cc1nc([N+](=O)[O-])ccc1Cl. The molecule has 0 fully saturated rings. The first-order valence-electron chi connectivity index (χ1n) is 2.86. The minimum Gasteiger partial charge on any atom is -0.358 e. The summed E-state index contributed by atoms with van der Waals surface area (Å²) in [7, 11) is 0. The molecular formula is C6H2ClN3O2. The van der Waals surface area contributed by atoms with Gasteiger partial charge in [-0.05, 0) is 16.0 Å². The fourth-order valence-corrected chi connectivity index (χ4v) is 0.759. The molecule has 0 aliphatic carbocycles. The molecule has 5 nitrogen and oxygen atoms in total. The molecule has 0 aliphatic heterocycles. The third-order valence-electron chi connectivity index (χ3n) is 1.12. The van der Waals surface area contributed by atoms with Gasteiger partial charge in [-0.2, -0.15) is 5.26 Å². The van der Waals surface area contributed by atoms with Crippen LogP contribution in [-0.4, -0.2) is 9.91 Å². The van der Waals surface area contributed by atoms with Crippen LogP contribution in [0.25, 0.3) is 0 Å². The van der Waals surface area contributed by atoms with E-state index in [-0.39, 0.29) is 16.5 Å². The summed E-state index contributed by atoms with van der Waals surface area (Å²) in [5, 5.41) is 18.7. The second-order valence-electron chi connectivity index (χ2n) is 1.87. The Bertz CT molecular complexity index is 372. The van der Waals surface area contributed by atoms with Crippen LogP contribution in [0.2, 0.25) is 5.02 Å². The number of aromatic nitrogens is 1. The fourth-order valence-electron chi connectivity index (χ4n) is 0.612. The van der Waals surface area contributed by atoms with Crippen LogP contribution < -0.4 is 0 Å². The number of hydrogen-bond acceptors (Lipinski definition) is 4. The Morgan fingerprint density at radius 2 is 2.33 bits per heavy atom. The topological polar surface area (TPSA) is 79.8 Å². The van der Waals surface area contributed by atoms with Gasteiger partial charge in [0.2, 0.25) is 0 Å². The quantitative estimate of drug-likeness (QED) is 0.488. The van der Waals surface area contributed by atoms with Gasteiger partial charge in [0.1, 0.15) is 11.1 Å². The standard InChI is InChI=1S/C6H2ClN3O2/c7-4-1-2-6(10(11)12)9-5(4)3-8/h1-2H. The Labute approximate surface area is 72.4 Å². The molecule has 0 aromatic carbocycles. The monoisotopic (exact) mass is 183 g/mol. The molecule has 0 unspecified atom stereocenters. The maximum absolute atomic E-state index is 10.2. The van der Waals surface area contributed by atoms with Crippen molar-refractivity contribution in [3.8, 4) is 6.07 Å².